The molecule has 0 aromatic carbocycles. The minimum atomic E-state index is 0.152. The zero-order valence-electron chi connectivity index (χ0n) is 11.2. The quantitative estimate of drug-likeness (QED) is 0.790. The van der Waals surface area contributed by atoms with E-state index in [-0.39, 0.29) is 10.8 Å². The molecule has 0 spiro atoms. The van der Waals surface area contributed by atoms with Gasteiger partial charge in [0.15, 0.2) is 0 Å². The molecule has 0 aliphatic carbocycles. The maximum atomic E-state index is 6.35. The number of hydrogen-bond donors (Lipinski definition) is 0. The minimum absolute atomic E-state index is 0.152. The van der Waals surface area contributed by atoms with Crippen LogP contribution in [0.4, 0.5) is 0 Å². The van der Waals surface area contributed by atoms with E-state index < -0.39 is 0 Å². The Balaban J connectivity index is 1.97. The lowest BCUT2D eigenvalue weighted by atomic mass is 9.83. The monoisotopic (exact) mass is 269 g/mol. The molecule has 1 fully saturated rings. The van der Waals surface area contributed by atoms with Crippen molar-refractivity contribution in [2.75, 3.05) is 20.2 Å². The molecule has 2 rings (SSSR count). The molecule has 18 heavy (non-hydrogen) atoms. The van der Waals surface area contributed by atoms with Crippen LogP contribution in [-0.2, 0) is 6.54 Å². The molecule has 0 radical (unpaired) electrons. The maximum Gasteiger partial charge on any atom is 0.233 e. The summed E-state index contributed by atoms with van der Waals surface area (Å²) in [5.74, 6) is 0.554. The van der Waals surface area contributed by atoms with Gasteiger partial charge in [-0.1, -0.05) is 13.8 Å². The molecule has 0 amide bonds. The molecule has 0 bridgehead atoms. The molecule has 1 aliphatic heterocycles. The van der Waals surface area contributed by atoms with Gasteiger partial charge in [-0.3, -0.25) is 4.90 Å². The van der Waals surface area contributed by atoms with E-state index in [1.165, 1.54) is 0 Å². The summed E-state index contributed by atoms with van der Waals surface area (Å²) in [7, 11) is 1.59. The molecule has 1 atom stereocenters. The van der Waals surface area contributed by atoms with Gasteiger partial charge in [0.05, 0.1) is 12.8 Å². The van der Waals surface area contributed by atoms with Gasteiger partial charge >= 0.3 is 0 Å². The van der Waals surface area contributed by atoms with Crippen LogP contribution < -0.4 is 4.74 Å². The van der Waals surface area contributed by atoms with Crippen LogP contribution in [0.15, 0.2) is 12.1 Å². The second-order valence-electron chi connectivity index (χ2n) is 5.52. The summed E-state index contributed by atoms with van der Waals surface area (Å²) in [6, 6.07) is 3.81. The average molecular weight is 270 g/mol. The standard InChI is InChI=1S/C13H20ClN3O/c1-13(2)9-17(7-6-11(13)14)8-10-4-5-12(18-3)16-15-10/h4-5,11H,6-9H2,1-3H3. The third-order valence-corrected chi connectivity index (χ3v) is 4.28. The van der Waals surface area contributed by atoms with Gasteiger partial charge in [0.1, 0.15) is 0 Å². The molecule has 0 N–H and O–H groups in total. The first-order chi connectivity index (χ1) is 8.51. The third-order valence-electron chi connectivity index (χ3n) is 3.47. The van der Waals surface area contributed by atoms with E-state index in [9.17, 15) is 0 Å². The molecular weight excluding hydrogens is 250 g/mol. The summed E-state index contributed by atoms with van der Waals surface area (Å²) in [4.78, 5) is 2.38. The van der Waals surface area contributed by atoms with E-state index >= 15 is 0 Å². The predicted octanol–water partition coefficient (Wildman–Crippen LogP) is 2.32. The highest BCUT2D eigenvalue weighted by Gasteiger charge is 2.34. The van der Waals surface area contributed by atoms with Gasteiger partial charge in [-0.15, -0.1) is 16.7 Å². The number of piperidine rings is 1. The maximum absolute atomic E-state index is 6.35. The Morgan fingerprint density at radius 2 is 2.22 bits per heavy atom. The fraction of sp³-hybridized carbons (Fsp3) is 0.692. The Morgan fingerprint density at radius 1 is 1.44 bits per heavy atom. The SMILES string of the molecule is COc1ccc(CN2CCC(Cl)C(C)(C)C2)nn1. The second kappa shape index (κ2) is 5.41. The fourth-order valence-corrected chi connectivity index (χ4v) is 2.51. The molecule has 5 heteroatoms. The first kappa shape index (κ1) is 13.6. The number of ether oxygens (including phenoxy) is 1. The highest BCUT2D eigenvalue weighted by Crippen LogP contribution is 2.33. The second-order valence-corrected chi connectivity index (χ2v) is 6.05. The zero-order chi connectivity index (χ0) is 13.2. The molecule has 100 valence electrons. The largest absolute Gasteiger partial charge is 0.480 e. The number of likely N-dealkylation sites (tertiary alicyclic amines) is 1. The zero-order valence-corrected chi connectivity index (χ0v) is 11.9. The first-order valence-corrected chi connectivity index (χ1v) is 6.68. The molecule has 0 saturated carbocycles. The summed E-state index contributed by atoms with van der Waals surface area (Å²) < 4.78 is 5.00. The lowest BCUT2D eigenvalue weighted by molar-refractivity contribution is 0.114. The Hall–Kier alpha value is -0.870. The molecule has 1 unspecified atom stereocenters. The van der Waals surface area contributed by atoms with Gasteiger partial charge in [-0.05, 0) is 24.4 Å². The highest BCUT2D eigenvalue weighted by atomic mass is 35.5. The van der Waals surface area contributed by atoms with Gasteiger partial charge < -0.3 is 4.74 Å². The fourth-order valence-electron chi connectivity index (χ4n) is 2.35. The number of aromatic nitrogens is 2. The van der Waals surface area contributed by atoms with E-state index in [4.69, 9.17) is 16.3 Å². The molecule has 4 nitrogen and oxygen atoms in total. The van der Waals surface area contributed by atoms with E-state index in [1.807, 2.05) is 12.1 Å². The lowest BCUT2D eigenvalue weighted by Crippen LogP contribution is -2.46. The number of rotatable bonds is 3. The van der Waals surface area contributed by atoms with Crippen molar-refractivity contribution in [2.45, 2.75) is 32.2 Å². The van der Waals surface area contributed by atoms with Crippen molar-refractivity contribution < 1.29 is 4.74 Å². The van der Waals surface area contributed by atoms with Crippen LogP contribution in [0, 0.1) is 5.41 Å². The van der Waals surface area contributed by atoms with Gasteiger partial charge in [-0.2, -0.15) is 5.10 Å². The summed E-state index contributed by atoms with van der Waals surface area (Å²) in [6.07, 6.45) is 1.03. The van der Waals surface area contributed by atoms with Crippen LogP contribution in [0.25, 0.3) is 0 Å². The number of nitrogens with zero attached hydrogens (tertiary/aromatic N) is 3. The van der Waals surface area contributed by atoms with Crippen LogP contribution in [0.3, 0.4) is 0 Å². The Labute approximate surface area is 113 Å². The van der Waals surface area contributed by atoms with Crippen LogP contribution in [0.5, 0.6) is 5.88 Å². The predicted molar refractivity (Wildman–Crippen MR) is 71.9 cm³/mol. The summed E-state index contributed by atoms with van der Waals surface area (Å²) in [5, 5.41) is 8.41. The van der Waals surface area contributed by atoms with E-state index in [0.717, 1.165) is 31.7 Å². The van der Waals surface area contributed by atoms with E-state index in [1.54, 1.807) is 7.11 Å². The van der Waals surface area contributed by atoms with Crippen LogP contribution in [-0.4, -0.2) is 40.7 Å². The molecule has 1 aromatic rings. The normalized spacial score (nSPS) is 23.9. The summed E-state index contributed by atoms with van der Waals surface area (Å²) >= 11 is 6.35. The number of halogens is 1. The smallest absolute Gasteiger partial charge is 0.233 e. The van der Waals surface area contributed by atoms with Gasteiger partial charge in [0.2, 0.25) is 5.88 Å². The van der Waals surface area contributed by atoms with Gasteiger partial charge in [0.25, 0.3) is 0 Å². The van der Waals surface area contributed by atoms with Crippen molar-refractivity contribution in [2.24, 2.45) is 5.41 Å². The molecule has 1 aliphatic rings. The number of alkyl halides is 1. The molecule has 1 aromatic heterocycles. The molecule has 2 heterocycles. The number of methoxy groups -OCH3 is 1. The van der Waals surface area contributed by atoms with E-state index in [2.05, 4.69) is 28.9 Å². The van der Waals surface area contributed by atoms with Crippen molar-refractivity contribution in [1.29, 1.82) is 0 Å². The number of hydrogen-bond acceptors (Lipinski definition) is 4. The summed E-state index contributed by atoms with van der Waals surface area (Å²) in [6.45, 7) is 7.28. The minimum Gasteiger partial charge on any atom is -0.480 e. The van der Waals surface area contributed by atoms with Crippen LogP contribution >= 0.6 is 11.6 Å². The van der Waals surface area contributed by atoms with Crippen molar-refractivity contribution in [3.8, 4) is 5.88 Å². The average Bonchev–Trinajstić information content (AvgIpc) is 2.34. The van der Waals surface area contributed by atoms with Crippen molar-refractivity contribution in [3.05, 3.63) is 17.8 Å². The Kier molecular flexibility index (Phi) is 4.07. The van der Waals surface area contributed by atoms with Gasteiger partial charge in [-0.25, -0.2) is 0 Å². The summed E-state index contributed by atoms with van der Waals surface area (Å²) in [5.41, 5.74) is 1.12. The molecule has 1 saturated heterocycles. The first-order valence-electron chi connectivity index (χ1n) is 6.24. The van der Waals surface area contributed by atoms with Crippen molar-refractivity contribution >= 4 is 11.6 Å². The lowest BCUT2D eigenvalue weighted by Gasteiger charge is -2.41. The van der Waals surface area contributed by atoms with Crippen molar-refractivity contribution in [3.63, 3.8) is 0 Å². The van der Waals surface area contributed by atoms with Crippen LogP contribution in [0.2, 0.25) is 0 Å². The Morgan fingerprint density at radius 3 is 2.78 bits per heavy atom. The van der Waals surface area contributed by atoms with Crippen molar-refractivity contribution in [1.82, 2.24) is 15.1 Å². The van der Waals surface area contributed by atoms with Crippen LogP contribution in [0.1, 0.15) is 26.0 Å². The third kappa shape index (κ3) is 3.12. The highest BCUT2D eigenvalue weighted by molar-refractivity contribution is 6.21. The topological polar surface area (TPSA) is 38.2 Å². The molecular formula is C13H20ClN3O. The Bertz CT molecular complexity index is 394. The van der Waals surface area contributed by atoms with E-state index in [0.29, 0.717) is 5.88 Å². The van der Waals surface area contributed by atoms with Gasteiger partial charge in [0, 0.05) is 24.5 Å².